The van der Waals surface area contributed by atoms with E-state index in [0.29, 0.717) is 18.7 Å². The Morgan fingerprint density at radius 1 is 1.18 bits per heavy atom. The molecular formula is C22H23N3O2S. The maximum atomic E-state index is 12.7. The summed E-state index contributed by atoms with van der Waals surface area (Å²) in [7, 11) is 1.79. The molecule has 1 aliphatic rings. The van der Waals surface area contributed by atoms with Crippen LogP contribution < -0.4 is 10.2 Å². The highest BCUT2D eigenvalue weighted by Crippen LogP contribution is 2.27. The van der Waals surface area contributed by atoms with Crippen molar-refractivity contribution in [1.82, 2.24) is 4.90 Å². The zero-order valence-electron chi connectivity index (χ0n) is 15.9. The molecule has 0 unspecified atom stereocenters. The van der Waals surface area contributed by atoms with Crippen molar-refractivity contribution in [3.8, 4) is 0 Å². The second kappa shape index (κ2) is 8.02. The summed E-state index contributed by atoms with van der Waals surface area (Å²) < 4.78 is 1.23. The lowest BCUT2D eigenvalue weighted by molar-refractivity contribution is -0.119. The van der Waals surface area contributed by atoms with Crippen molar-refractivity contribution in [2.24, 2.45) is 0 Å². The molecule has 0 bridgehead atoms. The lowest BCUT2D eigenvalue weighted by Crippen LogP contribution is -2.35. The lowest BCUT2D eigenvalue weighted by Gasteiger charge is -2.27. The first kappa shape index (κ1) is 18.5. The number of fused-ring (bicyclic) bond motifs is 1. The van der Waals surface area contributed by atoms with Crippen LogP contribution in [0.15, 0.2) is 53.9 Å². The van der Waals surface area contributed by atoms with E-state index >= 15 is 0 Å². The van der Waals surface area contributed by atoms with Crippen LogP contribution >= 0.6 is 11.3 Å². The first-order valence-electron chi connectivity index (χ1n) is 9.49. The van der Waals surface area contributed by atoms with Gasteiger partial charge in [-0.05, 0) is 53.4 Å². The Hall–Kier alpha value is -2.86. The second-order valence-electron chi connectivity index (χ2n) is 7.10. The zero-order chi connectivity index (χ0) is 19.5. The minimum Gasteiger partial charge on any atom is -0.323 e. The minimum absolute atomic E-state index is 0.149. The van der Waals surface area contributed by atoms with Gasteiger partial charge in [0.15, 0.2) is 0 Å². The number of nitrogens with zero attached hydrogens (tertiary/aromatic N) is 2. The summed E-state index contributed by atoms with van der Waals surface area (Å²) in [4.78, 5) is 28.3. The van der Waals surface area contributed by atoms with E-state index in [9.17, 15) is 9.59 Å². The molecular weight excluding hydrogens is 370 g/mol. The van der Waals surface area contributed by atoms with Gasteiger partial charge in [0, 0.05) is 42.6 Å². The van der Waals surface area contributed by atoms with Crippen LogP contribution in [0.4, 0.5) is 16.2 Å². The topological polar surface area (TPSA) is 52.7 Å². The summed E-state index contributed by atoms with van der Waals surface area (Å²) in [6, 6.07) is 15.6. The number of nitrogens with one attached hydrogen (secondary N) is 1. The first-order valence-corrected chi connectivity index (χ1v) is 10.4. The molecule has 6 heteroatoms. The Bertz CT molecular complexity index is 1010. The predicted molar refractivity (Wildman–Crippen MR) is 115 cm³/mol. The van der Waals surface area contributed by atoms with Crippen LogP contribution in [-0.2, 0) is 11.3 Å². The fourth-order valence-corrected chi connectivity index (χ4v) is 4.49. The maximum Gasteiger partial charge on any atom is 0.321 e. The molecule has 1 saturated heterocycles. The molecule has 5 nitrogen and oxygen atoms in total. The highest BCUT2D eigenvalue weighted by Gasteiger charge is 2.20. The van der Waals surface area contributed by atoms with E-state index in [2.05, 4.69) is 22.8 Å². The number of thiophene rings is 1. The Kier molecular flexibility index (Phi) is 5.30. The van der Waals surface area contributed by atoms with Crippen LogP contribution in [0.2, 0.25) is 0 Å². The van der Waals surface area contributed by atoms with Crippen LogP contribution in [0.25, 0.3) is 10.1 Å². The van der Waals surface area contributed by atoms with Gasteiger partial charge in [0.05, 0.1) is 0 Å². The first-order chi connectivity index (χ1) is 13.6. The Morgan fingerprint density at radius 3 is 2.89 bits per heavy atom. The molecule has 4 rings (SSSR count). The highest BCUT2D eigenvalue weighted by molar-refractivity contribution is 7.17. The summed E-state index contributed by atoms with van der Waals surface area (Å²) in [5.41, 5.74) is 2.68. The summed E-state index contributed by atoms with van der Waals surface area (Å²) in [5, 5.41) is 6.25. The number of benzene rings is 2. The number of hydrogen-bond donors (Lipinski definition) is 1. The predicted octanol–water partition coefficient (Wildman–Crippen LogP) is 5.08. The molecule has 2 aromatic carbocycles. The fourth-order valence-electron chi connectivity index (χ4n) is 3.53. The van der Waals surface area contributed by atoms with Gasteiger partial charge in [-0.1, -0.05) is 24.3 Å². The minimum atomic E-state index is -0.169. The standard InChI is InChI=1S/C22H23N3O2S/c1-24(14-16-15-28-20-10-3-2-9-19(16)20)22(27)23-17-7-6-8-18(13-17)25-12-5-4-11-21(25)26/h2-3,6-10,13,15H,4-5,11-12,14H2,1H3,(H,23,27). The van der Waals surface area contributed by atoms with E-state index in [1.807, 2.05) is 36.4 Å². The molecule has 0 aliphatic carbocycles. The molecule has 144 valence electrons. The number of urea groups is 1. The Morgan fingerprint density at radius 2 is 2.04 bits per heavy atom. The zero-order valence-corrected chi connectivity index (χ0v) is 16.7. The van der Waals surface area contributed by atoms with Crippen LogP contribution in [0.1, 0.15) is 24.8 Å². The third-order valence-corrected chi connectivity index (χ3v) is 6.06. The van der Waals surface area contributed by atoms with Crippen molar-refractivity contribution in [3.05, 3.63) is 59.5 Å². The molecule has 1 aromatic heterocycles. The summed E-state index contributed by atoms with van der Waals surface area (Å²) in [5.74, 6) is 0.149. The van der Waals surface area contributed by atoms with E-state index in [1.54, 1.807) is 28.2 Å². The number of anilines is 2. The molecule has 1 aliphatic heterocycles. The van der Waals surface area contributed by atoms with E-state index in [0.717, 1.165) is 30.6 Å². The molecule has 3 aromatic rings. The van der Waals surface area contributed by atoms with Crippen molar-refractivity contribution in [3.63, 3.8) is 0 Å². The smallest absolute Gasteiger partial charge is 0.321 e. The summed E-state index contributed by atoms with van der Waals surface area (Å²) in [6.07, 6.45) is 2.56. The Balaban J connectivity index is 1.44. The molecule has 1 fully saturated rings. The number of rotatable bonds is 4. The van der Waals surface area contributed by atoms with Crippen molar-refractivity contribution in [1.29, 1.82) is 0 Å². The van der Waals surface area contributed by atoms with Crippen LogP contribution in [-0.4, -0.2) is 30.4 Å². The monoisotopic (exact) mass is 393 g/mol. The van der Waals surface area contributed by atoms with Crippen LogP contribution in [0.3, 0.4) is 0 Å². The second-order valence-corrected chi connectivity index (χ2v) is 8.01. The molecule has 0 spiro atoms. The number of amides is 3. The van der Waals surface area contributed by atoms with E-state index < -0.39 is 0 Å². The third-order valence-electron chi connectivity index (χ3n) is 5.05. The molecule has 0 radical (unpaired) electrons. The van der Waals surface area contributed by atoms with Crippen molar-refractivity contribution < 1.29 is 9.59 Å². The third kappa shape index (κ3) is 3.87. The summed E-state index contributed by atoms with van der Waals surface area (Å²) in [6.45, 7) is 1.28. The molecule has 1 N–H and O–H groups in total. The molecule has 3 amide bonds. The average molecular weight is 394 g/mol. The van der Waals surface area contributed by atoms with Gasteiger partial charge >= 0.3 is 6.03 Å². The van der Waals surface area contributed by atoms with Crippen molar-refractivity contribution >= 4 is 44.7 Å². The highest BCUT2D eigenvalue weighted by atomic mass is 32.1. The van der Waals surface area contributed by atoms with Crippen molar-refractivity contribution in [2.75, 3.05) is 23.8 Å². The van der Waals surface area contributed by atoms with Gasteiger partial charge in [0.25, 0.3) is 0 Å². The fraction of sp³-hybridized carbons (Fsp3) is 0.273. The van der Waals surface area contributed by atoms with Gasteiger partial charge in [-0.2, -0.15) is 0 Å². The molecule has 2 heterocycles. The van der Waals surface area contributed by atoms with E-state index in [4.69, 9.17) is 0 Å². The quantitative estimate of drug-likeness (QED) is 0.672. The lowest BCUT2D eigenvalue weighted by atomic mass is 10.1. The molecule has 0 saturated carbocycles. The van der Waals surface area contributed by atoms with Crippen LogP contribution in [0, 0.1) is 0 Å². The number of carbonyl (C=O) groups excluding carboxylic acids is 2. The van der Waals surface area contributed by atoms with Crippen molar-refractivity contribution in [2.45, 2.75) is 25.8 Å². The number of carbonyl (C=O) groups is 2. The van der Waals surface area contributed by atoms with Gasteiger partial charge in [-0.15, -0.1) is 11.3 Å². The van der Waals surface area contributed by atoms with Gasteiger partial charge in [0.1, 0.15) is 0 Å². The number of hydrogen-bond acceptors (Lipinski definition) is 3. The molecule has 0 atom stereocenters. The Labute approximate surface area is 168 Å². The van der Waals surface area contributed by atoms with Gasteiger partial charge < -0.3 is 15.1 Å². The maximum absolute atomic E-state index is 12.7. The summed E-state index contributed by atoms with van der Waals surface area (Å²) >= 11 is 1.69. The molecule has 28 heavy (non-hydrogen) atoms. The van der Waals surface area contributed by atoms with E-state index in [-0.39, 0.29) is 11.9 Å². The average Bonchev–Trinajstić information content (AvgIpc) is 3.11. The van der Waals surface area contributed by atoms with Crippen LogP contribution in [0.5, 0.6) is 0 Å². The van der Waals surface area contributed by atoms with E-state index in [1.165, 1.54) is 10.1 Å². The SMILES string of the molecule is CN(Cc1csc2ccccc12)C(=O)Nc1cccc(N2CCCCC2=O)c1. The number of piperidine rings is 1. The van der Waals surface area contributed by atoms with Gasteiger partial charge in [-0.25, -0.2) is 4.79 Å². The van der Waals surface area contributed by atoms with Gasteiger partial charge in [0.2, 0.25) is 5.91 Å². The largest absolute Gasteiger partial charge is 0.323 e. The normalized spacial score (nSPS) is 14.3. The van der Waals surface area contributed by atoms with Gasteiger partial charge in [-0.3, -0.25) is 4.79 Å².